The number of esters is 1. The zero-order valence-corrected chi connectivity index (χ0v) is 10.1. The molecule has 15 heavy (non-hydrogen) atoms. The predicted molar refractivity (Wildman–Crippen MR) is 61.4 cm³/mol. The van der Waals surface area contributed by atoms with Gasteiger partial charge in [-0.05, 0) is 18.6 Å². The van der Waals surface area contributed by atoms with Crippen LogP contribution < -0.4 is 0 Å². The molecule has 3 nitrogen and oxygen atoms in total. The van der Waals surface area contributed by atoms with Crippen LogP contribution in [0.3, 0.4) is 0 Å². The molecule has 0 amide bonds. The highest BCUT2D eigenvalue weighted by Crippen LogP contribution is 2.27. The number of benzene rings is 1. The first-order valence-corrected chi connectivity index (χ1v) is 5.41. The van der Waals surface area contributed by atoms with Crippen molar-refractivity contribution in [3.8, 4) is 0 Å². The van der Waals surface area contributed by atoms with E-state index in [0.717, 1.165) is 5.56 Å². The Morgan fingerprint density at radius 1 is 1.60 bits per heavy atom. The Kier molecular flexibility index (Phi) is 3.87. The van der Waals surface area contributed by atoms with Gasteiger partial charge >= 0.3 is 5.97 Å². The summed E-state index contributed by atoms with van der Waals surface area (Å²) in [7, 11) is 1.33. The van der Waals surface area contributed by atoms with Gasteiger partial charge in [-0.25, -0.2) is 9.64 Å². The second-order valence-electron chi connectivity index (χ2n) is 3.05. The third-order valence-electron chi connectivity index (χ3n) is 2.03. The molecular weight excluding hydrogens is 258 g/mol. The standard InChI is InChI=1S/C11H10BrNO2/c1-7-4-8(11(14)15-3)9(6-12)10(5-7)13-2/h4-5H,6H2,1,3H3. The van der Waals surface area contributed by atoms with E-state index in [1.807, 2.05) is 6.92 Å². The highest BCUT2D eigenvalue weighted by atomic mass is 79.9. The molecule has 1 aromatic carbocycles. The number of hydrogen-bond acceptors (Lipinski definition) is 2. The first-order valence-electron chi connectivity index (χ1n) is 4.29. The van der Waals surface area contributed by atoms with Crippen LogP contribution in [0.1, 0.15) is 21.5 Å². The third kappa shape index (κ3) is 2.37. The fourth-order valence-electron chi connectivity index (χ4n) is 1.33. The fourth-order valence-corrected chi connectivity index (χ4v) is 1.92. The number of ether oxygens (including phenoxy) is 1. The zero-order valence-electron chi connectivity index (χ0n) is 8.50. The van der Waals surface area contributed by atoms with Crippen LogP contribution in [0.4, 0.5) is 5.69 Å². The second kappa shape index (κ2) is 4.94. The summed E-state index contributed by atoms with van der Waals surface area (Å²) in [6.07, 6.45) is 0. The lowest BCUT2D eigenvalue weighted by atomic mass is 10.0. The topological polar surface area (TPSA) is 30.7 Å². The Labute approximate surface area is 97.0 Å². The molecule has 0 heterocycles. The molecule has 0 unspecified atom stereocenters. The molecule has 0 aliphatic heterocycles. The van der Waals surface area contributed by atoms with Crippen molar-refractivity contribution in [1.29, 1.82) is 0 Å². The molecule has 0 radical (unpaired) electrons. The zero-order chi connectivity index (χ0) is 11.4. The van der Waals surface area contributed by atoms with E-state index in [1.165, 1.54) is 7.11 Å². The van der Waals surface area contributed by atoms with E-state index in [1.54, 1.807) is 12.1 Å². The number of nitrogens with zero attached hydrogens (tertiary/aromatic N) is 1. The summed E-state index contributed by atoms with van der Waals surface area (Å²) < 4.78 is 4.67. The monoisotopic (exact) mass is 267 g/mol. The van der Waals surface area contributed by atoms with E-state index < -0.39 is 5.97 Å². The van der Waals surface area contributed by atoms with Crippen LogP contribution in [0.2, 0.25) is 0 Å². The highest BCUT2D eigenvalue weighted by molar-refractivity contribution is 9.08. The number of hydrogen-bond donors (Lipinski definition) is 0. The number of methoxy groups -OCH3 is 1. The highest BCUT2D eigenvalue weighted by Gasteiger charge is 2.15. The van der Waals surface area contributed by atoms with E-state index in [0.29, 0.717) is 22.1 Å². The smallest absolute Gasteiger partial charge is 0.336 e. The lowest BCUT2D eigenvalue weighted by molar-refractivity contribution is 0.0600. The molecule has 4 heteroatoms. The average Bonchev–Trinajstić information content (AvgIpc) is 2.26. The maximum Gasteiger partial charge on any atom is 0.336 e. The quantitative estimate of drug-likeness (QED) is 0.468. The number of alkyl halides is 1. The van der Waals surface area contributed by atoms with Gasteiger partial charge in [0.1, 0.15) is 0 Å². The Morgan fingerprint density at radius 3 is 2.73 bits per heavy atom. The van der Waals surface area contributed by atoms with Crippen molar-refractivity contribution >= 4 is 27.6 Å². The van der Waals surface area contributed by atoms with Gasteiger partial charge in [-0.15, -0.1) is 0 Å². The third-order valence-corrected chi connectivity index (χ3v) is 2.59. The van der Waals surface area contributed by atoms with Gasteiger partial charge in [-0.3, -0.25) is 0 Å². The lowest BCUT2D eigenvalue weighted by Crippen LogP contribution is -2.05. The van der Waals surface area contributed by atoms with Gasteiger partial charge in [-0.2, -0.15) is 0 Å². The number of carbonyl (C=O) groups is 1. The van der Waals surface area contributed by atoms with Crippen LogP contribution in [0.15, 0.2) is 12.1 Å². The summed E-state index contributed by atoms with van der Waals surface area (Å²) in [4.78, 5) is 14.9. The molecule has 0 bridgehead atoms. The minimum Gasteiger partial charge on any atom is -0.465 e. The van der Waals surface area contributed by atoms with E-state index in [2.05, 4.69) is 25.5 Å². The van der Waals surface area contributed by atoms with Gasteiger partial charge in [0.25, 0.3) is 0 Å². The van der Waals surface area contributed by atoms with Crippen molar-refractivity contribution in [2.24, 2.45) is 0 Å². The molecule has 0 saturated heterocycles. The van der Waals surface area contributed by atoms with Crippen LogP contribution in [0.5, 0.6) is 0 Å². The van der Waals surface area contributed by atoms with Crippen molar-refractivity contribution in [2.45, 2.75) is 12.3 Å². The van der Waals surface area contributed by atoms with Gasteiger partial charge in [0, 0.05) is 5.33 Å². The summed E-state index contributed by atoms with van der Waals surface area (Å²) in [6, 6.07) is 3.49. The van der Waals surface area contributed by atoms with Crippen molar-refractivity contribution < 1.29 is 9.53 Å². The van der Waals surface area contributed by atoms with E-state index >= 15 is 0 Å². The summed E-state index contributed by atoms with van der Waals surface area (Å²) in [5.41, 5.74) is 2.52. The predicted octanol–water partition coefficient (Wildman–Crippen LogP) is 3.23. The van der Waals surface area contributed by atoms with E-state index in [-0.39, 0.29) is 0 Å². The van der Waals surface area contributed by atoms with Gasteiger partial charge in [0.05, 0.1) is 19.2 Å². The van der Waals surface area contributed by atoms with Crippen LogP contribution >= 0.6 is 15.9 Å². The molecule has 78 valence electrons. The maximum atomic E-state index is 11.5. The minimum atomic E-state index is -0.405. The van der Waals surface area contributed by atoms with Crippen molar-refractivity contribution in [2.75, 3.05) is 7.11 Å². The van der Waals surface area contributed by atoms with Crippen LogP contribution in [0.25, 0.3) is 4.85 Å². The Balaban J connectivity index is 3.43. The average molecular weight is 268 g/mol. The molecule has 0 aliphatic rings. The van der Waals surface area contributed by atoms with Gasteiger partial charge in [0.15, 0.2) is 5.69 Å². The van der Waals surface area contributed by atoms with Crippen molar-refractivity contribution in [1.82, 2.24) is 0 Å². The normalized spacial score (nSPS) is 9.47. The molecule has 0 saturated carbocycles. The molecule has 0 fully saturated rings. The summed E-state index contributed by atoms with van der Waals surface area (Å²) in [5, 5.41) is 0.468. The Hall–Kier alpha value is -1.34. The molecule has 0 aromatic heterocycles. The second-order valence-corrected chi connectivity index (χ2v) is 3.61. The van der Waals surface area contributed by atoms with Gasteiger partial charge in [-0.1, -0.05) is 27.6 Å². The van der Waals surface area contributed by atoms with Crippen molar-refractivity contribution in [3.05, 3.63) is 40.2 Å². The minimum absolute atomic E-state index is 0.405. The molecule has 0 N–H and O–H groups in total. The number of rotatable bonds is 2. The molecule has 0 spiro atoms. The van der Waals surface area contributed by atoms with E-state index in [4.69, 9.17) is 6.57 Å². The van der Waals surface area contributed by atoms with E-state index in [9.17, 15) is 4.79 Å². The number of halogens is 1. The van der Waals surface area contributed by atoms with Gasteiger partial charge < -0.3 is 4.74 Å². The first kappa shape index (κ1) is 11.7. The first-order chi connectivity index (χ1) is 7.13. The largest absolute Gasteiger partial charge is 0.465 e. The Morgan fingerprint density at radius 2 is 2.27 bits per heavy atom. The molecular formula is C11H10BrNO2. The molecule has 1 rings (SSSR count). The summed E-state index contributed by atoms with van der Waals surface area (Å²) >= 11 is 3.27. The van der Waals surface area contributed by atoms with Crippen LogP contribution in [-0.4, -0.2) is 13.1 Å². The summed E-state index contributed by atoms with van der Waals surface area (Å²) in [6.45, 7) is 8.88. The van der Waals surface area contributed by atoms with Crippen LogP contribution in [-0.2, 0) is 10.1 Å². The lowest BCUT2D eigenvalue weighted by Gasteiger charge is -2.08. The van der Waals surface area contributed by atoms with Crippen molar-refractivity contribution in [3.63, 3.8) is 0 Å². The van der Waals surface area contributed by atoms with Crippen LogP contribution in [0, 0.1) is 13.5 Å². The maximum absolute atomic E-state index is 11.5. The molecule has 1 aromatic rings. The SMILES string of the molecule is [C-]#[N+]c1cc(C)cc(C(=O)OC)c1CBr. The summed E-state index contributed by atoms with van der Waals surface area (Å²) in [5.74, 6) is -0.405. The number of carbonyl (C=O) groups excluding carboxylic acids is 1. The Bertz CT molecular complexity index is 435. The van der Waals surface area contributed by atoms with Gasteiger partial charge in [0.2, 0.25) is 0 Å². The fraction of sp³-hybridized carbons (Fsp3) is 0.273. The number of aryl methyl sites for hydroxylation is 1. The molecule has 0 atom stereocenters. The molecule has 0 aliphatic carbocycles.